The standard InChI is InChI=1S/C25H23Cl2N3O.C3H6O2/c1-15(2)11-24(16-3-5-17(6-4-16)25(28)31)30-23-10-7-18(12-19(23)14-29-30)21-9-8-20(26)13-22(21)27;1-2-3(4)5/h3-10,12-15,24H,11H2,1-2H3,(H2,28,31);2H2,1H3,(H,4,5). The number of nitrogens with two attached hydrogens (primary N) is 1. The molecule has 0 aliphatic rings. The van der Waals surface area contributed by atoms with E-state index in [0.29, 0.717) is 21.5 Å². The predicted octanol–water partition coefficient (Wildman–Crippen LogP) is 7.23. The monoisotopic (exact) mass is 525 g/mol. The van der Waals surface area contributed by atoms with Gasteiger partial charge in [0, 0.05) is 33.0 Å². The molecule has 1 heterocycles. The smallest absolute Gasteiger partial charge is 0.303 e. The van der Waals surface area contributed by atoms with Gasteiger partial charge < -0.3 is 10.8 Å². The van der Waals surface area contributed by atoms with Gasteiger partial charge in [0.15, 0.2) is 0 Å². The maximum absolute atomic E-state index is 11.4. The number of hydrogen-bond acceptors (Lipinski definition) is 3. The van der Waals surface area contributed by atoms with Crippen molar-refractivity contribution in [2.75, 3.05) is 0 Å². The Morgan fingerprint density at radius 2 is 1.69 bits per heavy atom. The third-order valence-electron chi connectivity index (χ3n) is 5.71. The van der Waals surface area contributed by atoms with Crippen molar-refractivity contribution in [3.63, 3.8) is 0 Å². The number of carboxylic acid groups (broad SMARTS) is 1. The average Bonchev–Trinajstić information content (AvgIpc) is 3.26. The van der Waals surface area contributed by atoms with Crippen LogP contribution in [0.3, 0.4) is 0 Å². The number of carbonyl (C=O) groups is 2. The number of carboxylic acids is 1. The molecule has 8 heteroatoms. The zero-order valence-electron chi connectivity index (χ0n) is 20.4. The van der Waals surface area contributed by atoms with E-state index in [9.17, 15) is 9.59 Å². The summed E-state index contributed by atoms with van der Waals surface area (Å²) in [5.74, 6) is -0.706. The Labute approximate surface area is 220 Å². The lowest BCUT2D eigenvalue weighted by molar-refractivity contribution is -0.136. The summed E-state index contributed by atoms with van der Waals surface area (Å²) in [6.45, 7) is 5.98. The molecule has 3 aromatic carbocycles. The van der Waals surface area contributed by atoms with Crippen LogP contribution in [0, 0.1) is 5.92 Å². The Kier molecular flexibility index (Phi) is 9.13. The van der Waals surface area contributed by atoms with Crippen molar-refractivity contribution in [1.29, 1.82) is 0 Å². The molecule has 36 heavy (non-hydrogen) atoms. The van der Waals surface area contributed by atoms with E-state index in [1.54, 1.807) is 25.1 Å². The fourth-order valence-corrected chi connectivity index (χ4v) is 4.40. The second-order valence-corrected chi connectivity index (χ2v) is 9.71. The first-order valence-electron chi connectivity index (χ1n) is 11.6. The van der Waals surface area contributed by atoms with Crippen LogP contribution in [-0.4, -0.2) is 26.8 Å². The van der Waals surface area contributed by atoms with E-state index >= 15 is 0 Å². The zero-order chi connectivity index (χ0) is 26.4. The molecule has 0 spiro atoms. The van der Waals surface area contributed by atoms with E-state index in [4.69, 9.17) is 39.1 Å². The summed E-state index contributed by atoms with van der Waals surface area (Å²) >= 11 is 12.4. The molecule has 188 valence electrons. The number of nitrogens with zero attached hydrogens (tertiary/aromatic N) is 2. The number of halogens is 2. The number of primary amides is 1. The summed E-state index contributed by atoms with van der Waals surface area (Å²) < 4.78 is 2.06. The summed E-state index contributed by atoms with van der Waals surface area (Å²) in [5.41, 5.74) is 9.98. The van der Waals surface area contributed by atoms with Gasteiger partial charge in [0.25, 0.3) is 0 Å². The van der Waals surface area contributed by atoms with Gasteiger partial charge in [0.2, 0.25) is 5.91 Å². The van der Waals surface area contributed by atoms with E-state index in [2.05, 4.69) is 36.7 Å². The van der Waals surface area contributed by atoms with Crippen LogP contribution in [-0.2, 0) is 4.79 Å². The molecule has 0 radical (unpaired) electrons. The second-order valence-electron chi connectivity index (χ2n) is 8.87. The number of aliphatic carboxylic acids is 1. The second kappa shape index (κ2) is 12.1. The van der Waals surface area contributed by atoms with Crippen LogP contribution in [0.1, 0.15) is 55.6 Å². The Balaban J connectivity index is 0.000000658. The molecule has 1 atom stereocenters. The van der Waals surface area contributed by atoms with Crippen LogP contribution in [0.15, 0.2) is 66.9 Å². The number of fused-ring (bicyclic) bond motifs is 1. The fraction of sp³-hybridized carbons (Fsp3) is 0.250. The first-order valence-corrected chi connectivity index (χ1v) is 12.4. The van der Waals surface area contributed by atoms with Crippen LogP contribution in [0.5, 0.6) is 0 Å². The summed E-state index contributed by atoms with van der Waals surface area (Å²) in [4.78, 5) is 20.8. The number of carbonyl (C=O) groups excluding carboxylic acids is 1. The third-order valence-corrected chi connectivity index (χ3v) is 6.26. The number of aromatic nitrogens is 2. The minimum Gasteiger partial charge on any atom is -0.481 e. The highest BCUT2D eigenvalue weighted by atomic mass is 35.5. The molecule has 1 unspecified atom stereocenters. The first kappa shape index (κ1) is 27.2. The minimum atomic E-state index is -0.745. The summed E-state index contributed by atoms with van der Waals surface area (Å²) in [5, 5.41) is 14.7. The fourth-order valence-electron chi connectivity index (χ4n) is 3.89. The van der Waals surface area contributed by atoms with Crippen molar-refractivity contribution in [1.82, 2.24) is 9.78 Å². The van der Waals surface area contributed by atoms with Crippen molar-refractivity contribution in [2.24, 2.45) is 11.7 Å². The predicted molar refractivity (Wildman–Crippen MR) is 146 cm³/mol. The van der Waals surface area contributed by atoms with Gasteiger partial charge in [-0.2, -0.15) is 5.10 Å². The molecule has 0 aliphatic carbocycles. The molecule has 0 saturated heterocycles. The van der Waals surface area contributed by atoms with Gasteiger partial charge in [-0.3, -0.25) is 14.3 Å². The quantitative estimate of drug-likeness (QED) is 0.266. The number of amides is 1. The van der Waals surface area contributed by atoms with Gasteiger partial charge in [0.1, 0.15) is 0 Å². The summed E-state index contributed by atoms with van der Waals surface area (Å²) in [6, 6.07) is 19.3. The zero-order valence-corrected chi connectivity index (χ0v) is 21.9. The molecular formula is C28H29Cl2N3O3. The van der Waals surface area contributed by atoms with Gasteiger partial charge in [-0.1, -0.05) is 68.2 Å². The Hall–Kier alpha value is -3.35. The van der Waals surface area contributed by atoms with Gasteiger partial charge in [-0.25, -0.2) is 0 Å². The van der Waals surface area contributed by atoms with Gasteiger partial charge in [0.05, 0.1) is 17.8 Å². The van der Waals surface area contributed by atoms with Crippen LogP contribution in [0.25, 0.3) is 22.0 Å². The van der Waals surface area contributed by atoms with E-state index in [-0.39, 0.29) is 12.5 Å². The Bertz CT molecular complexity index is 1360. The van der Waals surface area contributed by atoms with Crippen molar-refractivity contribution in [3.8, 4) is 11.1 Å². The van der Waals surface area contributed by atoms with Crippen molar-refractivity contribution in [3.05, 3.63) is 88.0 Å². The molecule has 6 nitrogen and oxygen atoms in total. The molecule has 0 saturated carbocycles. The maximum Gasteiger partial charge on any atom is 0.303 e. The highest BCUT2D eigenvalue weighted by Crippen LogP contribution is 2.34. The lowest BCUT2D eigenvalue weighted by Gasteiger charge is -2.21. The third kappa shape index (κ3) is 6.65. The summed E-state index contributed by atoms with van der Waals surface area (Å²) in [7, 11) is 0. The van der Waals surface area contributed by atoms with Crippen molar-refractivity contribution >= 4 is 46.0 Å². The van der Waals surface area contributed by atoms with E-state index in [0.717, 1.165) is 34.0 Å². The molecule has 4 aromatic rings. The van der Waals surface area contributed by atoms with Crippen LogP contribution < -0.4 is 5.73 Å². The minimum absolute atomic E-state index is 0.0457. The van der Waals surface area contributed by atoms with Crippen LogP contribution >= 0.6 is 23.2 Å². The van der Waals surface area contributed by atoms with E-state index in [1.165, 1.54) is 0 Å². The maximum atomic E-state index is 11.4. The number of rotatable bonds is 7. The molecule has 1 amide bonds. The number of benzene rings is 3. The summed E-state index contributed by atoms with van der Waals surface area (Å²) in [6.07, 6.45) is 3.02. The van der Waals surface area contributed by atoms with Gasteiger partial charge >= 0.3 is 5.97 Å². The van der Waals surface area contributed by atoms with Crippen LogP contribution in [0.4, 0.5) is 0 Å². The molecule has 0 aliphatic heterocycles. The molecule has 0 fully saturated rings. The Morgan fingerprint density at radius 3 is 2.25 bits per heavy atom. The average molecular weight is 526 g/mol. The highest BCUT2D eigenvalue weighted by molar-refractivity contribution is 6.36. The van der Waals surface area contributed by atoms with Gasteiger partial charge in [-0.15, -0.1) is 0 Å². The molecule has 0 bridgehead atoms. The molecule has 4 rings (SSSR count). The first-order chi connectivity index (χ1) is 17.1. The van der Waals surface area contributed by atoms with Crippen LogP contribution in [0.2, 0.25) is 10.0 Å². The topological polar surface area (TPSA) is 98.2 Å². The van der Waals surface area contributed by atoms with Crippen molar-refractivity contribution in [2.45, 2.75) is 39.7 Å². The molecular weight excluding hydrogens is 497 g/mol. The molecule has 1 aromatic heterocycles. The van der Waals surface area contributed by atoms with Gasteiger partial charge in [-0.05, 0) is 59.9 Å². The van der Waals surface area contributed by atoms with E-state index in [1.807, 2.05) is 30.5 Å². The van der Waals surface area contributed by atoms with E-state index < -0.39 is 11.9 Å². The van der Waals surface area contributed by atoms with Crippen molar-refractivity contribution < 1.29 is 14.7 Å². The molecule has 3 N–H and O–H groups in total. The highest BCUT2D eigenvalue weighted by Gasteiger charge is 2.19. The normalized spacial score (nSPS) is 11.7. The lowest BCUT2D eigenvalue weighted by atomic mass is 9.96. The Morgan fingerprint density at radius 1 is 1.03 bits per heavy atom. The largest absolute Gasteiger partial charge is 0.481 e. The lowest BCUT2D eigenvalue weighted by Crippen LogP contribution is -2.15. The number of hydrogen-bond donors (Lipinski definition) is 2. The SMILES string of the molecule is CC(C)CC(c1ccc(C(N)=O)cc1)n1ncc2cc(-c3ccc(Cl)cc3Cl)ccc21.CCC(=O)O.